The van der Waals surface area contributed by atoms with E-state index >= 15 is 0 Å². The number of hydrogen-bond donors (Lipinski definition) is 1. The van der Waals surface area contributed by atoms with Crippen molar-refractivity contribution in [1.29, 1.82) is 0 Å². The van der Waals surface area contributed by atoms with Gasteiger partial charge >= 0.3 is 0 Å². The van der Waals surface area contributed by atoms with E-state index in [1.165, 1.54) is 32.1 Å². The van der Waals surface area contributed by atoms with E-state index in [-0.39, 0.29) is 0 Å². The lowest BCUT2D eigenvalue weighted by atomic mass is 9.81. The highest BCUT2D eigenvalue weighted by molar-refractivity contribution is 5.25. The number of aromatic nitrogens is 3. The second-order valence-electron chi connectivity index (χ2n) is 5.91. The topological polar surface area (TPSA) is 50.7 Å². The van der Waals surface area contributed by atoms with Crippen molar-refractivity contribution in [2.24, 2.45) is 11.8 Å². The maximum Gasteiger partial charge on any atom is 0.242 e. The summed E-state index contributed by atoms with van der Waals surface area (Å²) in [6.07, 6.45) is 8.62. The van der Waals surface area contributed by atoms with Gasteiger partial charge in [-0.2, -0.15) is 5.10 Å². The number of hydrogen-bond acceptors (Lipinski definition) is 4. The van der Waals surface area contributed by atoms with E-state index in [2.05, 4.69) is 41.3 Å². The van der Waals surface area contributed by atoms with Crippen LogP contribution in [0.1, 0.15) is 64.3 Å². The molecule has 1 saturated carbocycles. The Hall–Kier alpha value is -1.19. The van der Waals surface area contributed by atoms with Crippen LogP contribution in [0.5, 0.6) is 0 Å². The first-order chi connectivity index (χ1) is 9.76. The molecule has 1 aromatic heterocycles. The van der Waals surface area contributed by atoms with Crippen molar-refractivity contribution < 1.29 is 0 Å². The van der Waals surface area contributed by atoms with Crippen molar-refractivity contribution in [2.45, 2.75) is 65.7 Å². The van der Waals surface area contributed by atoms with Crippen LogP contribution < -0.4 is 5.32 Å². The van der Waals surface area contributed by atoms with Gasteiger partial charge in [0.15, 0.2) is 0 Å². The quantitative estimate of drug-likeness (QED) is 0.862. The second kappa shape index (κ2) is 7.55. The molecule has 1 heterocycles. The Bertz CT molecular complexity index is 411. The Labute approximate surface area is 122 Å². The van der Waals surface area contributed by atoms with Gasteiger partial charge in [-0.3, -0.25) is 0 Å². The molecule has 0 amide bonds. The highest BCUT2D eigenvalue weighted by Crippen LogP contribution is 2.30. The van der Waals surface area contributed by atoms with Gasteiger partial charge in [-0.25, -0.2) is 4.98 Å². The van der Waals surface area contributed by atoms with Gasteiger partial charge in [0.1, 0.15) is 0 Å². The summed E-state index contributed by atoms with van der Waals surface area (Å²) in [5, 5.41) is 11.9. The molecule has 112 valence electrons. The monoisotopic (exact) mass is 276 g/mol. The normalized spacial score (nSPS) is 22.8. The molecule has 0 radical (unpaired) electrons. The standard InChI is InChI=1S/C16H28N4/c1-4-12-7-9-13(10-8-12)11-17-16-18-14(5-2)15(6-3)19-20-16/h12-13H,4-11H2,1-3H3,(H,17,18,20). The minimum absolute atomic E-state index is 0.705. The lowest BCUT2D eigenvalue weighted by Gasteiger charge is -2.27. The van der Waals surface area contributed by atoms with Crippen LogP contribution in [0.2, 0.25) is 0 Å². The van der Waals surface area contributed by atoms with Gasteiger partial charge in [0.2, 0.25) is 5.95 Å². The SMILES string of the molecule is CCc1nnc(NCC2CCC(CC)CC2)nc1CC. The molecule has 0 bridgehead atoms. The first-order valence-electron chi connectivity index (χ1n) is 8.23. The summed E-state index contributed by atoms with van der Waals surface area (Å²) in [4.78, 5) is 4.59. The Morgan fingerprint density at radius 1 is 0.900 bits per heavy atom. The van der Waals surface area contributed by atoms with Gasteiger partial charge in [-0.05, 0) is 37.5 Å². The summed E-state index contributed by atoms with van der Waals surface area (Å²) in [5.41, 5.74) is 2.11. The highest BCUT2D eigenvalue weighted by Gasteiger charge is 2.20. The zero-order valence-corrected chi connectivity index (χ0v) is 13.2. The van der Waals surface area contributed by atoms with E-state index in [1.807, 2.05) is 0 Å². The van der Waals surface area contributed by atoms with Crippen LogP contribution in [0.3, 0.4) is 0 Å². The van der Waals surface area contributed by atoms with E-state index in [0.717, 1.165) is 42.6 Å². The van der Waals surface area contributed by atoms with Crippen molar-refractivity contribution in [2.75, 3.05) is 11.9 Å². The van der Waals surface area contributed by atoms with E-state index < -0.39 is 0 Å². The molecule has 0 aliphatic heterocycles. The smallest absolute Gasteiger partial charge is 0.242 e. The zero-order chi connectivity index (χ0) is 14.4. The third-order valence-corrected chi connectivity index (χ3v) is 4.60. The summed E-state index contributed by atoms with van der Waals surface area (Å²) in [5.74, 6) is 2.44. The summed E-state index contributed by atoms with van der Waals surface area (Å²) in [7, 11) is 0. The van der Waals surface area contributed by atoms with Crippen LogP contribution >= 0.6 is 0 Å². The molecular formula is C16H28N4. The van der Waals surface area contributed by atoms with Crippen LogP contribution in [0.4, 0.5) is 5.95 Å². The summed E-state index contributed by atoms with van der Waals surface area (Å²) in [6, 6.07) is 0. The minimum atomic E-state index is 0.705. The fourth-order valence-corrected chi connectivity index (χ4v) is 3.09. The fraction of sp³-hybridized carbons (Fsp3) is 0.812. The van der Waals surface area contributed by atoms with E-state index in [0.29, 0.717) is 5.95 Å². The van der Waals surface area contributed by atoms with Crippen molar-refractivity contribution in [3.63, 3.8) is 0 Å². The molecule has 1 aromatic rings. The molecule has 4 nitrogen and oxygen atoms in total. The molecule has 1 aliphatic carbocycles. The zero-order valence-electron chi connectivity index (χ0n) is 13.2. The van der Waals surface area contributed by atoms with Gasteiger partial charge in [0, 0.05) is 6.54 Å². The Morgan fingerprint density at radius 2 is 1.55 bits per heavy atom. The molecule has 4 heteroatoms. The lowest BCUT2D eigenvalue weighted by molar-refractivity contribution is 0.278. The minimum Gasteiger partial charge on any atom is -0.353 e. The van der Waals surface area contributed by atoms with Gasteiger partial charge in [0.05, 0.1) is 11.4 Å². The van der Waals surface area contributed by atoms with E-state index in [1.54, 1.807) is 0 Å². The van der Waals surface area contributed by atoms with Crippen molar-refractivity contribution in [1.82, 2.24) is 15.2 Å². The number of nitrogens with one attached hydrogen (secondary N) is 1. The molecule has 2 rings (SSSR count). The van der Waals surface area contributed by atoms with Crippen LogP contribution in [-0.2, 0) is 12.8 Å². The van der Waals surface area contributed by atoms with Crippen molar-refractivity contribution >= 4 is 5.95 Å². The van der Waals surface area contributed by atoms with Crippen molar-refractivity contribution in [3.05, 3.63) is 11.4 Å². The van der Waals surface area contributed by atoms with Crippen LogP contribution in [0.15, 0.2) is 0 Å². The first kappa shape index (κ1) is 15.2. The molecule has 0 aromatic carbocycles. The number of nitrogens with zero attached hydrogens (tertiary/aromatic N) is 3. The largest absolute Gasteiger partial charge is 0.353 e. The van der Waals surface area contributed by atoms with Gasteiger partial charge in [-0.1, -0.05) is 40.0 Å². The predicted octanol–water partition coefficient (Wildman–Crippen LogP) is 3.62. The van der Waals surface area contributed by atoms with Gasteiger partial charge in [-0.15, -0.1) is 5.10 Å². The van der Waals surface area contributed by atoms with Crippen LogP contribution in [0, 0.1) is 11.8 Å². The molecule has 1 aliphatic rings. The molecule has 0 unspecified atom stereocenters. The predicted molar refractivity (Wildman–Crippen MR) is 82.8 cm³/mol. The summed E-state index contributed by atoms with van der Waals surface area (Å²) >= 11 is 0. The molecule has 0 spiro atoms. The highest BCUT2D eigenvalue weighted by atomic mass is 15.2. The van der Waals surface area contributed by atoms with Crippen LogP contribution in [-0.4, -0.2) is 21.7 Å². The first-order valence-corrected chi connectivity index (χ1v) is 8.23. The van der Waals surface area contributed by atoms with E-state index in [4.69, 9.17) is 0 Å². The molecule has 0 saturated heterocycles. The average Bonchev–Trinajstić information content (AvgIpc) is 2.53. The van der Waals surface area contributed by atoms with Crippen molar-refractivity contribution in [3.8, 4) is 0 Å². The number of anilines is 1. The maximum atomic E-state index is 4.59. The third kappa shape index (κ3) is 3.90. The van der Waals surface area contributed by atoms with Crippen LogP contribution in [0.25, 0.3) is 0 Å². The molecule has 0 atom stereocenters. The van der Waals surface area contributed by atoms with Gasteiger partial charge in [0.25, 0.3) is 0 Å². The Balaban J connectivity index is 1.85. The summed E-state index contributed by atoms with van der Waals surface area (Å²) < 4.78 is 0. The Kier molecular flexibility index (Phi) is 5.74. The molecule has 1 fully saturated rings. The lowest BCUT2D eigenvalue weighted by Crippen LogP contribution is -2.22. The summed E-state index contributed by atoms with van der Waals surface area (Å²) in [6.45, 7) is 7.53. The number of rotatable bonds is 6. The van der Waals surface area contributed by atoms with E-state index in [9.17, 15) is 0 Å². The average molecular weight is 276 g/mol. The Morgan fingerprint density at radius 3 is 2.15 bits per heavy atom. The molecule has 20 heavy (non-hydrogen) atoms. The second-order valence-corrected chi connectivity index (χ2v) is 5.91. The number of aryl methyl sites for hydroxylation is 2. The third-order valence-electron chi connectivity index (χ3n) is 4.60. The maximum absolute atomic E-state index is 4.59. The fourth-order valence-electron chi connectivity index (χ4n) is 3.09. The molecular weight excluding hydrogens is 248 g/mol. The van der Waals surface area contributed by atoms with Gasteiger partial charge < -0.3 is 5.32 Å². The molecule has 1 N–H and O–H groups in total.